The number of hydrogen-bond acceptors (Lipinski definition) is 6. The molecule has 214 valence electrons. The molecular weight excluding hydrogens is 606 g/mol. The predicted molar refractivity (Wildman–Crippen MR) is 164 cm³/mol. The molecule has 2 aromatic heterocycles. The van der Waals surface area contributed by atoms with Gasteiger partial charge in [0.15, 0.2) is 11.6 Å². The highest BCUT2D eigenvalue weighted by molar-refractivity contribution is 9.10. The Morgan fingerprint density at radius 3 is 2.56 bits per heavy atom. The lowest BCUT2D eigenvalue weighted by atomic mass is 9.68. The van der Waals surface area contributed by atoms with Gasteiger partial charge in [0.05, 0.1) is 17.3 Å². The number of fused-ring (bicyclic) bond motifs is 4. The Kier molecular flexibility index (Phi) is 5.99. The van der Waals surface area contributed by atoms with Crippen LogP contribution in [0.4, 0.5) is 5.69 Å². The average molecular weight is 635 g/mol. The van der Waals surface area contributed by atoms with Crippen molar-refractivity contribution >= 4 is 33.3 Å². The summed E-state index contributed by atoms with van der Waals surface area (Å²) in [5.41, 5.74) is 3.57. The van der Waals surface area contributed by atoms with Gasteiger partial charge in [-0.3, -0.25) is 14.5 Å². The molecular formula is C33H28BrN7O2. The molecule has 9 nitrogen and oxygen atoms in total. The number of carbonyl (C=O) groups is 2. The van der Waals surface area contributed by atoms with E-state index in [1.165, 1.54) is 6.33 Å². The van der Waals surface area contributed by atoms with Crippen LogP contribution in [0.25, 0.3) is 11.5 Å². The summed E-state index contributed by atoms with van der Waals surface area (Å²) in [5, 5.41) is 12.8. The number of nitrogens with one attached hydrogen (secondary N) is 1. The second kappa shape index (κ2) is 9.82. The van der Waals surface area contributed by atoms with Gasteiger partial charge in [0, 0.05) is 38.8 Å². The largest absolute Gasteiger partial charge is 0.324 e. The molecule has 8 rings (SSSR count). The van der Waals surface area contributed by atoms with E-state index in [1.807, 2.05) is 90.5 Å². The van der Waals surface area contributed by atoms with E-state index in [4.69, 9.17) is 5.10 Å². The molecule has 1 N–H and O–H groups in total. The van der Waals surface area contributed by atoms with E-state index >= 15 is 0 Å². The molecule has 3 aromatic carbocycles. The molecule has 10 heteroatoms. The van der Waals surface area contributed by atoms with E-state index in [-0.39, 0.29) is 23.7 Å². The summed E-state index contributed by atoms with van der Waals surface area (Å²) in [6.07, 6.45) is 4.95. The zero-order valence-corrected chi connectivity index (χ0v) is 25.0. The minimum Gasteiger partial charge on any atom is -0.324 e. The molecule has 4 unspecified atom stereocenters. The van der Waals surface area contributed by atoms with Crippen LogP contribution in [0.3, 0.4) is 0 Å². The molecule has 2 saturated heterocycles. The third-order valence-corrected chi connectivity index (χ3v) is 9.85. The number of aromatic nitrogens is 5. The first-order valence-corrected chi connectivity index (χ1v) is 15.3. The normalized spacial score (nSPS) is 24.3. The summed E-state index contributed by atoms with van der Waals surface area (Å²) in [4.78, 5) is 36.0. The number of nitrogens with zero attached hydrogens (tertiary/aromatic N) is 6. The standard InChI is InChI=1S/C33H28BrN7O2/c1-20-27(31(40-19-35-18-36-40)41(38-20)23-11-6-3-7-12-23)28-26-13-8-16-39(26)33(29(28)30(42)21-9-4-2-5-10-21)24-17-22(34)14-15-25(24)37-32(33)43/h2-7,9-12,14-15,17-19,26,28-29H,8,13,16H2,1H3,(H,37,43). The van der Waals surface area contributed by atoms with E-state index < -0.39 is 11.5 Å². The van der Waals surface area contributed by atoms with Crippen molar-refractivity contribution in [3.8, 4) is 11.5 Å². The Morgan fingerprint density at radius 2 is 1.81 bits per heavy atom. The van der Waals surface area contributed by atoms with Crippen molar-refractivity contribution in [2.24, 2.45) is 5.92 Å². The number of ketones is 1. The summed E-state index contributed by atoms with van der Waals surface area (Å²) in [5.74, 6) is -0.541. The molecule has 1 spiro atoms. The number of amides is 1. The van der Waals surface area contributed by atoms with Crippen molar-refractivity contribution < 1.29 is 9.59 Å². The van der Waals surface area contributed by atoms with Gasteiger partial charge >= 0.3 is 0 Å². The zero-order valence-electron chi connectivity index (χ0n) is 23.4. The number of halogens is 1. The third kappa shape index (κ3) is 3.69. The second-order valence-electron chi connectivity index (χ2n) is 11.5. The van der Waals surface area contributed by atoms with Gasteiger partial charge in [-0.15, -0.1) is 0 Å². The Hall–Kier alpha value is -4.41. The van der Waals surface area contributed by atoms with Gasteiger partial charge in [-0.1, -0.05) is 64.5 Å². The van der Waals surface area contributed by atoms with Crippen molar-refractivity contribution in [3.05, 3.63) is 118 Å². The van der Waals surface area contributed by atoms with Crippen molar-refractivity contribution in [2.75, 3.05) is 11.9 Å². The summed E-state index contributed by atoms with van der Waals surface area (Å²) in [7, 11) is 0. The summed E-state index contributed by atoms with van der Waals surface area (Å²) >= 11 is 3.65. The van der Waals surface area contributed by atoms with Crippen LogP contribution < -0.4 is 5.32 Å². The number of carbonyl (C=O) groups excluding carboxylic acids is 2. The van der Waals surface area contributed by atoms with Crippen LogP contribution in [0, 0.1) is 12.8 Å². The number of para-hydroxylation sites is 1. The smallest absolute Gasteiger partial charge is 0.250 e. The highest BCUT2D eigenvalue weighted by Gasteiger charge is 2.70. The van der Waals surface area contributed by atoms with E-state index in [9.17, 15) is 9.59 Å². The molecule has 4 atom stereocenters. The number of rotatable bonds is 5. The fourth-order valence-electron chi connectivity index (χ4n) is 7.84. The van der Waals surface area contributed by atoms with Crippen molar-refractivity contribution in [1.29, 1.82) is 0 Å². The average Bonchev–Trinajstić information content (AvgIpc) is 3.85. The maximum Gasteiger partial charge on any atom is 0.250 e. The lowest BCUT2D eigenvalue weighted by molar-refractivity contribution is -0.127. The number of anilines is 1. The zero-order chi connectivity index (χ0) is 29.3. The molecule has 1 amide bonds. The Morgan fingerprint density at radius 1 is 1.05 bits per heavy atom. The number of Topliss-reactive ketones (excluding diaryl/α,β-unsaturated/α-hetero) is 1. The van der Waals surface area contributed by atoms with Crippen LogP contribution in [0.2, 0.25) is 0 Å². The highest BCUT2D eigenvalue weighted by Crippen LogP contribution is 2.62. The topological polar surface area (TPSA) is 97.9 Å². The summed E-state index contributed by atoms with van der Waals surface area (Å²) in [6, 6.07) is 25.1. The first-order valence-electron chi connectivity index (χ1n) is 14.5. The Balaban J connectivity index is 1.44. The van der Waals surface area contributed by atoms with Gasteiger partial charge in [0.2, 0.25) is 5.91 Å². The maximum absolute atomic E-state index is 15.0. The lowest BCUT2D eigenvalue weighted by Crippen LogP contribution is -2.52. The van der Waals surface area contributed by atoms with E-state index in [0.29, 0.717) is 12.1 Å². The fraction of sp³-hybridized carbons (Fsp3) is 0.242. The number of benzene rings is 3. The maximum atomic E-state index is 15.0. The SMILES string of the molecule is Cc1nn(-c2ccccc2)c(-n2cncn2)c1C1C2CCCN2C2(C(=O)Nc3ccc(Br)cc32)C1C(=O)c1ccccc1. The molecule has 5 aromatic rings. The van der Waals surface area contributed by atoms with Crippen LogP contribution in [-0.4, -0.2) is 53.7 Å². The van der Waals surface area contributed by atoms with Gasteiger partial charge in [-0.05, 0) is 56.6 Å². The highest BCUT2D eigenvalue weighted by atomic mass is 79.9. The van der Waals surface area contributed by atoms with Gasteiger partial charge in [0.1, 0.15) is 18.2 Å². The number of hydrogen-bond donors (Lipinski definition) is 1. The molecule has 3 aliphatic rings. The van der Waals surface area contributed by atoms with Crippen molar-refractivity contribution in [1.82, 2.24) is 29.4 Å². The van der Waals surface area contributed by atoms with E-state index in [1.54, 1.807) is 11.0 Å². The Bertz CT molecular complexity index is 1870. The van der Waals surface area contributed by atoms with Crippen LogP contribution in [-0.2, 0) is 10.3 Å². The molecule has 0 bridgehead atoms. The molecule has 0 aliphatic carbocycles. The molecule has 5 heterocycles. The fourth-order valence-corrected chi connectivity index (χ4v) is 8.20. The summed E-state index contributed by atoms with van der Waals surface area (Å²) in [6.45, 7) is 2.70. The first kappa shape index (κ1) is 26.2. The quantitative estimate of drug-likeness (QED) is 0.259. The Labute approximate surface area is 256 Å². The third-order valence-electron chi connectivity index (χ3n) is 9.35. The van der Waals surface area contributed by atoms with Crippen LogP contribution in [0.5, 0.6) is 0 Å². The molecule has 3 aliphatic heterocycles. The van der Waals surface area contributed by atoms with Crippen LogP contribution >= 0.6 is 15.9 Å². The van der Waals surface area contributed by atoms with Gasteiger partial charge in [0.25, 0.3) is 0 Å². The molecule has 2 fully saturated rings. The van der Waals surface area contributed by atoms with Gasteiger partial charge in [-0.2, -0.15) is 10.2 Å². The van der Waals surface area contributed by atoms with Gasteiger partial charge in [-0.25, -0.2) is 14.3 Å². The van der Waals surface area contributed by atoms with E-state index in [0.717, 1.165) is 51.3 Å². The van der Waals surface area contributed by atoms with Gasteiger partial charge < -0.3 is 5.32 Å². The number of aryl methyl sites for hydroxylation is 1. The lowest BCUT2D eigenvalue weighted by Gasteiger charge is -2.37. The molecule has 43 heavy (non-hydrogen) atoms. The van der Waals surface area contributed by atoms with Crippen molar-refractivity contribution in [3.63, 3.8) is 0 Å². The van der Waals surface area contributed by atoms with E-state index in [2.05, 4.69) is 36.2 Å². The molecule has 0 radical (unpaired) electrons. The first-order chi connectivity index (χ1) is 21.0. The van der Waals surface area contributed by atoms with Crippen LogP contribution in [0.15, 0.2) is 96.0 Å². The monoisotopic (exact) mass is 633 g/mol. The van der Waals surface area contributed by atoms with Crippen LogP contribution in [0.1, 0.15) is 45.9 Å². The minimum absolute atomic E-state index is 0.0561. The summed E-state index contributed by atoms with van der Waals surface area (Å²) < 4.78 is 4.48. The second-order valence-corrected chi connectivity index (χ2v) is 12.4. The molecule has 0 saturated carbocycles. The predicted octanol–water partition coefficient (Wildman–Crippen LogP) is 5.43. The van der Waals surface area contributed by atoms with Crippen molar-refractivity contribution in [2.45, 2.75) is 37.3 Å². The minimum atomic E-state index is -1.18.